The summed E-state index contributed by atoms with van der Waals surface area (Å²) in [5.74, 6) is 0.366. The summed E-state index contributed by atoms with van der Waals surface area (Å²) in [6, 6.07) is 6.69. The number of nitrogens with one attached hydrogen (secondary N) is 1. The number of benzene rings is 1. The van der Waals surface area contributed by atoms with Crippen LogP contribution in [0.25, 0.3) is 11.4 Å². The summed E-state index contributed by atoms with van der Waals surface area (Å²) in [5.41, 5.74) is 1.34. The van der Waals surface area contributed by atoms with Gasteiger partial charge in [0, 0.05) is 17.7 Å². The molecule has 2 aromatic rings. The van der Waals surface area contributed by atoms with Crippen LogP contribution < -0.4 is 0 Å². The predicted octanol–water partition coefficient (Wildman–Crippen LogP) is -0.300. The van der Waals surface area contributed by atoms with Gasteiger partial charge in [-0.05, 0) is 17.3 Å². The molecule has 110 valence electrons. The highest BCUT2D eigenvalue weighted by Crippen LogP contribution is 2.17. The topological polar surface area (TPSA) is 104 Å². The first-order valence-corrected chi connectivity index (χ1v) is 6.63. The van der Waals surface area contributed by atoms with Crippen LogP contribution in [0.2, 0.25) is 0 Å². The maximum Gasteiger partial charge on any atom is 0.254 e. The Morgan fingerprint density at radius 2 is 2.24 bits per heavy atom. The molecule has 1 atom stereocenters. The highest BCUT2D eigenvalue weighted by Gasteiger charge is 2.27. The number of aliphatic hydroxyl groups excluding tert-OH is 1. The molecular weight excluding hydrogens is 274 g/mol. The zero-order valence-electron chi connectivity index (χ0n) is 11.3. The van der Waals surface area contributed by atoms with Gasteiger partial charge in [-0.2, -0.15) is 5.21 Å². The Labute approximate surface area is 120 Å². The number of hydrogen-bond donors (Lipinski definition) is 2. The van der Waals surface area contributed by atoms with Crippen LogP contribution in [-0.4, -0.2) is 68.9 Å². The fourth-order valence-electron chi connectivity index (χ4n) is 2.29. The molecule has 1 amide bonds. The summed E-state index contributed by atoms with van der Waals surface area (Å²) in [7, 11) is 0. The summed E-state index contributed by atoms with van der Waals surface area (Å²) in [4.78, 5) is 14.1. The van der Waals surface area contributed by atoms with Crippen molar-refractivity contribution >= 4 is 5.91 Å². The maximum absolute atomic E-state index is 12.5. The molecule has 1 aromatic heterocycles. The van der Waals surface area contributed by atoms with E-state index in [1.807, 2.05) is 0 Å². The predicted molar refractivity (Wildman–Crippen MR) is 72.3 cm³/mol. The van der Waals surface area contributed by atoms with Crippen molar-refractivity contribution in [3.63, 3.8) is 0 Å². The van der Waals surface area contributed by atoms with Gasteiger partial charge in [0.1, 0.15) is 0 Å². The molecular formula is C13H15N5O3. The third kappa shape index (κ3) is 2.76. The highest BCUT2D eigenvalue weighted by atomic mass is 16.5. The zero-order valence-corrected chi connectivity index (χ0v) is 11.3. The van der Waals surface area contributed by atoms with Crippen molar-refractivity contribution in [1.29, 1.82) is 0 Å². The van der Waals surface area contributed by atoms with Gasteiger partial charge in [0.05, 0.1) is 25.9 Å². The molecule has 0 aliphatic carbocycles. The lowest BCUT2D eigenvalue weighted by Crippen LogP contribution is -2.50. The third-order valence-corrected chi connectivity index (χ3v) is 3.43. The van der Waals surface area contributed by atoms with Crippen LogP contribution in [0, 0.1) is 0 Å². The number of nitrogens with zero attached hydrogens (tertiary/aromatic N) is 4. The minimum absolute atomic E-state index is 0.104. The van der Waals surface area contributed by atoms with Crippen LogP contribution >= 0.6 is 0 Å². The Morgan fingerprint density at radius 3 is 2.90 bits per heavy atom. The minimum Gasteiger partial charge on any atom is -0.394 e. The molecule has 1 aliphatic rings. The Bertz CT molecular complexity index is 599. The van der Waals surface area contributed by atoms with Gasteiger partial charge in [0.15, 0.2) is 0 Å². The molecule has 0 radical (unpaired) electrons. The Morgan fingerprint density at radius 1 is 1.43 bits per heavy atom. The zero-order chi connectivity index (χ0) is 14.7. The summed E-state index contributed by atoms with van der Waals surface area (Å²) in [6.07, 6.45) is 0. The molecule has 21 heavy (non-hydrogen) atoms. The van der Waals surface area contributed by atoms with E-state index in [1.165, 1.54) is 0 Å². The molecule has 0 saturated carbocycles. The van der Waals surface area contributed by atoms with Crippen LogP contribution in [-0.2, 0) is 4.74 Å². The molecule has 0 spiro atoms. The number of tetrazole rings is 1. The number of hydrogen-bond acceptors (Lipinski definition) is 6. The van der Waals surface area contributed by atoms with Gasteiger partial charge in [0.25, 0.3) is 5.91 Å². The molecule has 3 rings (SSSR count). The van der Waals surface area contributed by atoms with Crippen LogP contribution in [0.4, 0.5) is 0 Å². The third-order valence-electron chi connectivity index (χ3n) is 3.43. The average molecular weight is 289 g/mol. The van der Waals surface area contributed by atoms with E-state index in [4.69, 9.17) is 4.74 Å². The lowest BCUT2D eigenvalue weighted by Gasteiger charge is -2.34. The first kappa shape index (κ1) is 13.7. The van der Waals surface area contributed by atoms with E-state index < -0.39 is 0 Å². The monoisotopic (exact) mass is 289 g/mol. The number of aromatic nitrogens is 4. The Kier molecular flexibility index (Phi) is 3.89. The van der Waals surface area contributed by atoms with Crippen molar-refractivity contribution in [2.24, 2.45) is 0 Å². The molecule has 1 fully saturated rings. The second kappa shape index (κ2) is 5.98. The van der Waals surface area contributed by atoms with Crippen LogP contribution in [0.5, 0.6) is 0 Å². The number of amides is 1. The smallest absolute Gasteiger partial charge is 0.254 e. The molecule has 1 aliphatic heterocycles. The van der Waals surface area contributed by atoms with Crippen LogP contribution in [0.15, 0.2) is 24.3 Å². The van der Waals surface area contributed by atoms with Crippen molar-refractivity contribution < 1.29 is 14.6 Å². The first-order valence-electron chi connectivity index (χ1n) is 6.63. The Hall–Kier alpha value is -2.32. The molecule has 0 bridgehead atoms. The van der Waals surface area contributed by atoms with Gasteiger partial charge in [-0.25, -0.2) is 0 Å². The van der Waals surface area contributed by atoms with Gasteiger partial charge < -0.3 is 14.7 Å². The molecule has 1 aromatic carbocycles. The van der Waals surface area contributed by atoms with Gasteiger partial charge in [-0.15, -0.1) is 10.2 Å². The van der Waals surface area contributed by atoms with Crippen LogP contribution in [0.1, 0.15) is 10.4 Å². The standard InChI is InChI=1S/C13H15N5O3/c19-7-11-8-21-6-5-18(11)13(20)10-3-1-9(2-4-10)12-14-16-17-15-12/h1-4,11,19H,5-8H2,(H,14,15,16,17). The number of ether oxygens (including phenoxy) is 1. The van der Waals surface area contributed by atoms with E-state index in [2.05, 4.69) is 20.6 Å². The molecule has 8 nitrogen and oxygen atoms in total. The van der Waals surface area contributed by atoms with Crippen molar-refractivity contribution in [3.8, 4) is 11.4 Å². The fraction of sp³-hybridized carbons (Fsp3) is 0.385. The van der Waals surface area contributed by atoms with Crippen molar-refractivity contribution in [1.82, 2.24) is 25.5 Å². The Balaban J connectivity index is 1.78. The summed E-state index contributed by atoms with van der Waals surface area (Å²) < 4.78 is 5.28. The largest absolute Gasteiger partial charge is 0.394 e. The van der Waals surface area contributed by atoms with E-state index in [9.17, 15) is 9.90 Å². The lowest BCUT2D eigenvalue weighted by molar-refractivity contribution is -0.0183. The number of aromatic amines is 1. The van der Waals surface area contributed by atoms with E-state index in [0.29, 0.717) is 31.1 Å². The molecule has 8 heteroatoms. The van der Waals surface area contributed by atoms with Gasteiger partial charge in [0.2, 0.25) is 5.82 Å². The molecule has 2 N–H and O–H groups in total. The van der Waals surface area contributed by atoms with E-state index >= 15 is 0 Å². The normalized spacial score (nSPS) is 18.7. The van der Waals surface area contributed by atoms with E-state index in [1.54, 1.807) is 29.2 Å². The summed E-state index contributed by atoms with van der Waals surface area (Å²) >= 11 is 0. The first-order chi connectivity index (χ1) is 10.3. The summed E-state index contributed by atoms with van der Waals surface area (Å²) in [6.45, 7) is 1.23. The quantitative estimate of drug-likeness (QED) is 0.804. The van der Waals surface area contributed by atoms with Gasteiger partial charge >= 0.3 is 0 Å². The van der Waals surface area contributed by atoms with Crippen molar-refractivity contribution in [3.05, 3.63) is 29.8 Å². The van der Waals surface area contributed by atoms with Gasteiger partial charge in [-0.1, -0.05) is 12.1 Å². The number of aliphatic hydroxyl groups is 1. The molecule has 2 heterocycles. The second-order valence-corrected chi connectivity index (χ2v) is 4.72. The average Bonchev–Trinajstić information content (AvgIpc) is 3.09. The minimum atomic E-state index is -0.289. The maximum atomic E-state index is 12.5. The van der Waals surface area contributed by atoms with Crippen molar-refractivity contribution in [2.75, 3.05) is 26.4 Å². The van der Waals surface area contributed by atoms with E-state index in [0.717, 1.165) is 5.56 Å². The molecule has 1 unspecified atom stereocenters. The number of H-pyrrole nitrogens is 1. The lowest BCUT2D eigenvalue weighted by atomic mass is 10.1. The van der Waals surface area contributed by atoms with Gasteiger partial charge in [-0.3, -0.25) is 4.79 Å². The SMILES string of the molecule is O=C(c1ccc(-c2nn[nH]n2)cc1)N1CCOCC1CO. The summed E-state index contributed by atoms with van der Waals surface area (Å²) in [5, 5.41) is 23.0. The highest BCUT2D eigenvalue weighted by molar-refractivity contribution is 5.95. The number of morpholine rings is 1. The van der Waals surface area contributed by atoms with Crippen molar-refractivity contribution in [2.45, 2.75) is 6.04 Å². The number of carbonyl (C=O) groups excluding carboxylic acids is 1. The molecule has 1 saturated heterocycles. The number of carbonyl (C=O) groups is 1. The fourth-order valence-corrected chi connectivity index (χ4v) is 2.29. The van der Waals surface area contributed by atoms with Crippen LogP contribution in [0.3, 0.4) is 0 Å². The second-order valence-electron chi connectivity index (χ2n) is 4.72. The number of rotatable bonds is 3. The van der Waals surface area contributed by atoms with E-state index in [-0.39, 0.29) is 18.6 Å².